The first-order chi connectivity index (χ1) is 20.7. The van der Waals surface area contributed by atoms with Gasteiger partial charge in [0.15, 0.2) is 40.9 Å². The third-order valence-electron chi connectivity index (χ3n) is 10.9. The molecule has 2 bridgehead atoms. The van der Waals surface area contributed by atoms with Gasteiger partial charge in [0.1, 0.15) is 0 Å². The van der Waals surface area contributed by atoms with Crippen LogP contribution in [0.4, 0.5) is 22.0 Å². The Balaban J connectivity index is 1.31. The molecule has 222 valence electrons. The van der Waals surface area contributed by atoms with Gasteiger partial charge in [-0.2, -0.15) is 0 Å². The number of aliphatic hydroxyl groups is 1. The first-order valence-electron chi connectivity index (χ1n) is 14.7. The van der Waals surface area contributed by atoms with E-state index in [-0.39, 0.29) is 24.0 Å². The standard InChI is InChI=1S/C33H27F5N2O3/c34-24-19(25(35)27(37)28(38)26(24)36)14-40-20-4-2-1-3-17(20)18-12-33(42)22-11-16-7-8-21(41)30-23(16)32(33,31(43-30)29(18)40)9-10-39(22)13-15-5-6-15/h1-4,7-8,15,22,31,41-42H,5-6,9-14H2/t22-,31-,32-,33+/m0/s1. The van der Waals surface area contributed by atoms with E-state index >= 15 is 8.78 Å². The molecule has 3 aromatic carbocycles. The van der Waals surface area contributed by atoms with Crippen molar-refractivity contribution in [3.05, 3.63) is 93.4 Å². The van der Waals surface area contributed by atoms with Crippen LogP contribution in [0.1, 0.15) is 53.3 Å². The lowest BCUT2D eigenvalue weighted by Crippen LogP contribution is -2.74. The zero-order valence-corrected chi connectivity index (χ0v) is 22.9. The molecule has 3 aliphatic carbocycles. The van der Waals surface area contributed by atoms with Gasteiger partial charge in [0, 0.05) is 41.0 Å². The van der Waals surface area contributed by atoms with E-state index in [0.717, 1.165) is 23.2 Å². The molecule has 1 saturated carbocycles. The van der Waals surface area contributed by atoms with Gasteiger partial charge in [-0.15, -0.1) is 0 Å². The van der Waals surface area contributed by atoms with Crippen molar-refractivity contribution in [3.8, 4) is 11.5 Å². The highest BCUT2D eigenvalue weighted by molar-refractivity contribution is 5.87. The van der Waals surface area contributed by atoms with Crippen LogP contribution in [0.3, 0.4) is 0 Å². The van der Waals surface area contributed by atoms with E-state index in [1.807, 2.05) is 18.2 Å². The third-order valence-corrected chi connectivity index (χ3v) is 10.9. The predicted octanol–water partition coefficient (Wildman–Crippen LogP) is 5.79. The number of nitrogens with zero attached hydrogens (tertiary/aromatic N) is 2. The summed E-state index contributed by atoms with van der Waals surface area (Å²) in [4.78, 5) is 2.40. The Labute approximate surface area is 243 Å². The van der Waals surface area contributed by atoms with E-state index in [1.165, 1.54) is 12.8 Å². The number of para-hydroxylation sites is 1. The van der Waals surface area contributed by atoms with Crippen LogP contribution in [0.5, 0.6) is 11.5 Å². The first-order valence-corrected chi connectivity index (χ1v) is 14.7. The molecule has 1 aromatic heterocycles. The summed E-state index contributed by atoms with van der Waals surface area (Å²) < 4.78 is 80.9. The predicted molar refractivity (Wildman–Crippen MR) is 145 cm³/mol. The second-order valence-corrected chi connectivity index (χ2v) is 12.9. The fourth-order valence-electron chi connectivity index (χ4n) is 8.92. The van der Waals surface area contributed by atoms with Crippen molar-refractivity contribution in [1.82, 2.24) is 9.47 Å². The Bertz CT molecular complexity index is 1870. The minimum Gasteiger partial charge on any atom is -0.504 e. The van der Waals surface area contributed by atoms with Crippen molar-refractivity contribution in [3.63, 3.8) is 0 Å². The molecule has 3 heterocycles. The zero-order valence-electron chi connectivity index (χ0n) is 22.9. The van der Waals surface area contributed by atoms with E-state index < -0.39 is 58.3 Å². The molecule has 2 fully saturated rings. The van der Waals surface area contributed by atoms with Crippen molar-refractivity contribution < 1.29 is 36.9 Å². The number of hydrogen-bond donors (Lipinski definition) is 2. The summed E-state index contributed by atoms with van der Waals surface area (Å²) >= 11 is 0. The molecule has 0 unspecified atom stereocenters. The van der Waals surface area contributed by atoms with Crippen LogP contribution in [-0.2, 0) is 24.8 Å². The SMILES string of the molecule is Oc1ccc2c3c1O[C@H]1c4c(c5ccccc5n4Cc4c(F)c(F)c(F)c(F)c4F)C[C@@]4(O)[C@H](C2)N(CC2CC2)CC[C@]314. The average molecular weight is 595 g/mol. The van der Waals surface area contributed by atoms with Crippen LogP contribution >= 0.6 is 0 Å². The van der Waals surface area contributed by atoms with Crippen molar-refractivity contribution in [1.29, 1.82) is 0 Å². The number of hydrogen-bond acceptors (Lipinski definition) is 4. The van der Waals surface area contributed by atoms with Gasteiger partial charge in [0.05, 0.1) is 23.3 Å². The Morgan fingerprint density at radius 1 is 0.930 bits per heavy atom. The van der Waals surface area contributed by atoms with Gasteiger partial charge in [-0.1, -0.05) is 24.3 Å². The highest BCUT2D eigenvalue weighted by atomic mass is 19.2. The minimum atomic E-state index is -2.20. The number of piperidine rings is 1. The summed E-state index contributed by atoms with van der Waals surface area (Å²) in [6.45, 7) is 0.956. The molecule has 0 amide bonds. The van der Waals surface area contributed by atoms with Gasteiger partial charge >= 0.3 is 0 Å². The average Bonchev–Trinajstić information content (AvgIpc) is 3.67. The largest absolute Gasteiger partial charge is 0.504 e. The Morgan fingerprint density at radius 2 is 1.65 bits per heavy atom. The zero-order chi connectivity index (χ0) is 29.6. The molecule has 1 saturated heterocycles. The molecule has 9 rings (SSSR count). The number of ether oxygens (including phenoxy) is 1. The number of aromatic nitrogens is 1. The lowest BCUT2D eigenvalue weighted by molar-refractivity contribution is -0.173. The lowest BCUT2D eigenvalue weighted by atomic mass is 9.49. The topological polar surface area (TPSA) is 57.9 Å². The second-order valence-electron chi connectivity index (χ2n) is 12.9. The maximum Gasteiger partial charge on any atom is 0.200 e. The van der Waals surface area contributed by atoms with Crippen LogP contribution in [0.15, 0.2) is 36.4 Å². The Morgan fingerprint density at radius 3 is 2.40 bits per heavy atom. The summed E-state index contributed by atoms with van der Waals surface area (Å²) in [6.07, 6.45) is 2.80. The summed E-state index contributed by atoms with van der Waals surface area (Å²) in [5, 5.41) is 24.7. The van der Waals surface area contributed by atoms with Gasteiger partial charge in [-0.3, -0.25) is 4.90 Å². The molecule has 1 spiro atoms. The van der Waals surface area contributed by atoms with Crippen LogP contribution in [0, 0.1) is 35.0 Å². The molecule has 0 radical (unpaired) electrons. The number of phenols is 1. The Hall–Kier alpha value is -3.63. The fourth-order valence-corrected chi connectivity index (χ4v) is 8.92. The van der Waals surface area contributed by atoms with Gasteiger partial charge in [-0.25, -0.2) is 22.0 Å². The molecule has 2 N–H and O–H groups in total. The van der Waals surface area contributed by atoms with E-state index in [2.05, 4.69) is 4.90 Å². The van der Waals surface area contributed by atoms with Crippen molar-refractivity contribution in [2.24, 2.45) is 5.92 Å². The molecule has 4 aromatic rings. The van der Waals surface area contributed by atoms with Crippen LogP contribution < -0.4 is 4.74 Å². The third kappa shape index (κ3) is 3.03. The quantitative estimate of drug-likeness (QED) is 0.179. The molecule has 5 nitrogen and oxygen atoms in total. The summed E-state index contributed by atoms with van der Waals surface area (Å²) in [7, 11) is 0. The molecule has 10 heteroatoms. The number of rotatable bonds is 4. The molecule has 5 aliphatic rings. The van der Waals surface area contributed by atoms with Gasteiger partial charge in [0.2, 0.25) is 5.82 Å². The summed E-state index contributed by atoms with van der Waals surface area (Å²) in [5.74, 6) is -9.12. The smallest absolute Gasteiger partial charge is 0.200 e. The van der Waals surface area contributed by atoms with Gasteiger partial charge in [-0.05, 0) is 61.4 Å². The van der Waals surface area contributed by atoms with E-state index in [1.54, 1.807) is 22.8 Å². The van der Waals surface area contributed by atoms with E-state index in [9.17, 15) is 23.4 Å². The van der Waals surface area contributed by atoms with Crippen molar-refractivity contribution in [2.75, 3.05) is 13.1 Å². The molecular weight excluding hydrogens is 567 g/mol. The monoisotopic (exact) mass is 594 g/mol. The van der Waals surface area contributed by atoms with Crippen molar-refractivity contribution in [2.45, 2.75) is 61.8 Å². The summed E-state index contributed by atoms with van der Waals surface area (Å²) in [6, 6.07) is 10.4. The second kappa shape index (κ2) is 8.30. The number of fused-ring (bicyclic) bond motifs is 4. The lowest BCUT2D eigenvalue weighted by Gasteiger charge is -2.63. The van der Waals surface area contributed by atoms with Crippen LogP contribution in [0.2, 0.25) is 0 Å². The minimum absolute atomic E-state index is 0.0623. The first kappa shape index (κ1) is 25.8. The molecule has 4 atom stereocenters. The highest BCUT2D eigenvalue weighted by Crippen LogP contribution is 2.69. The van der Waals surface area contributed by atoms with E-state index in [0.29, 0.717) is 41.9 Å². The molecule has 43 heavy (non-hydrogen) atoms. The maximum atomic E-state index is 15.1. The van der Waals surface area contributed by atoms with Crippen molar-refractivity contribution >= 4 is 10.9 Å². The normalized spacial score (nSPS) is 28.6. The summed E-state index contributed by atoms with van der Waals surface area (Å²) in [5.41, 5.74) is 0.307. The van der Waals surface area contributed by atoms with Crippen LogP contribution in [-0.4, -0.2) is 44.4 Å². The molecular formula is C33H27F5N2O3. The highest BCUT2D eigenvalue weighted by Gasteiger charge is 2.73. The van der Waals surface area contributed by atoms with Crippen LogP contribution in [0.25, 0.3) is 10.9 Å². The Kier molecular flexibility index (Phi) is 4.98. The number of likely N-dealkylation sites (tertiary alicyclic amines) is 1. The van der Waals surface area contributed by atoms with Gasteiger partial charge in [0.25, 0.3) is 0 Å². The number of phenolic OH excluding ortho intramolecular Hbond substituents is 1. The van der Waals surface area contributed by atoms with Gasteiger partial charge < -0.3 is 19.5 Å². The number of aromatic hydroxyl groups is 1. The van der Waals surface area contributed by atoms with E-state index in [4.69, 9.17) is 4.74 Å². The molecule has 2 aliphatic heterocycles. The maximum absolute atomic E-state index is 15.1. The fraction of sp³-hybridized carbons (Fsp3) is 0.394. The number of benzene rings is 3. The number of halogens is 5.